The van der Waals surface area contributed by atoms with Gasteiger partial charge < -0.3 is 5.32 Å². The van der Waals surface area contributed by atoms with E-state index in [2.05, 4.69) is 29.6 Å². The molecule has 1 aliphatic rings. The van der Waals surface area contributed by atoms with Gasteiger partial charge in [0.2, 0.25) is 0 Å². The Balaban J connectivity index is 1.81. The zero-order chi connectivity index (χ0) is 11.7. The van der Waals surface area contributed by atoms with Gasteiger partial charge in [-0.15, -0.1) is 11.8 Å². The summed E-state index contributed by atoms with van der Waals surface area (Å²) in [5.41, 5.74) is 2.52. The lowest BCUT2D eigenvalue weighted by atomic mass is 10.1. The maximum absolute atomic E-state index is 5.88. The van der Waals surface area contributed by atoms with Gasteiger partial charge in [-0.05, 0) is 35.9 Å². The van der Waals surface area contributed by atoms with Crippen molar-refractivity contribution in [1.82, 2.24) is 0 Å². The number of thioether (sulfide) groups is 1. The molecule has 1 unspecified atom stereocenters. The Labute approximate surface area is 110 Å². The van der Waals surface area contributed by atoms with Crippen LogP contribution in [-0.4, -0.2) is 5.75 Å². The second kappa shape index (κ2) is 4.63. The van der Waals surface area contributed by atoms with Gasteiger partial charge in [-0.2, -0.15) is 0 Å². The first-order valence-electron chi connectivity index (χ1n) is 5.57. The molecule has 0 radical (unpaired) electrons. The Morgan fingerprint density at radius 1 is 1.06 bits per heavy atom. The van der Waals surface area contributed by atoms with Gasteiger partial charge in [0, 0.05) is 21.4 Å². The first-order chi connectivity index (χ1) is 8.33. The fourth-order valence-corrected chi connectivity index (χ4v) is 3.32. The summed E-state index contributed by atoms with van der Waals surface area (Å²) < 4.78 is 0. The number of hydrogen-bond donors (Lipinski definition) is 1. The predicted molar refractivity (Wildman–Crippen MR) is 75.0 cm³/mol. The number of benzene rings is 2. The van der Waals surface area contributed by atoms with Crippen molar-refractivity contribution >= 4 is 29.1 Å². The monoisotopic (exact) mass is 261 g/mol. The van der Waals surface area contributed by atoms with Crippen LogP contribution in [-0.2, 0) is 0 Å². The standard InChI is InChI=1S/C14H12ClNS/c15-10-5-7-11(8-6-10)16-13-9-17-14-4-2-1-3-12(13)14/h1-8,13,16H,9H2. The summed E-state index contributed by atoms with van der Waals surface area (Å²) in [6.45, 7) is 0. The molecule has 2 aromatic carbocycles. The smallest absolute Gasteiger partial charge is 0.0618 e. The van der Waals surface area contributed by atoms with E-state index in [0.717, 1.165) is 16.5 Å². The highest BCUT2D eigenvalue weighted by Crippen LogP contribution is 2.39. The molecule has 1 atom stereocenters. The molecule has 17 heavy (non-hydrogen) atoms. The van der Waals surface area contributed by atoms with Gasteiger partial charge in [-0.1, -0.05) is 29.8 Å². The molecule has 0 aromatic heterocycles. The molecular weight excluding hydrogens is 250 g/mol. The molecular formula is C14H12ClNS. The van der Waals surface area contributed by atoms with E-state index in [-0.39, 0.29) is 0 Å². The van der Waals surface area contributed by atoms with Gasteiger partial charge in [-0.25, -0.2) is 0 Å². The first-order valence-corrected chi connectivity index (χ1v) is 6.93. The summed E-state index contributed by atoms with van der Waals surface area (Å²) in [6, 6.07) is 16.8. The van der Waals surface area contributed by atoms with E-state index in [1.54, 1.807) is 0 Å². The van der Waals surface area contributed by atoms with Crippen LogP contribution >= 0.6 is 23.4 Å². The average molecular weight is 262 g/mol. The summed E-state index contributed by atoms with van der Waals surface area (Å²) in [5, 5.41) is 4.32. The van der Waals surface area contributed by atoms with E-state index in [0.29, 0.717) is 6.04 Å². The molecule has 0 aliphatic carbocycles. The van der Waals surface area contributed by atoms with Crippen LogP contribution in [0.25, 0.3) is 0 Å². The first kappa shape index (κ1) is 11.0. The molecule has 0 saturated heterocycles. The SMILES string of the molecule is Clc1ccc(NC2CSc3ccccc32)cc1. The molecule has 3 heteroatoms. The Morgan fingerprint density at radius 2 is 1.82 bits per heavy atom. The van der Waals surface area contributed by atoms with Crippen LogP contribution in [0.15, 0.2) is 53.4 Å². The van der Waals surface area contributed by atoms with E-state index in [4.69, 9.17) is 11.6 Å². The predicted octanol–water partition coefficient (Wildman–Crippen LogP) is 4.60. The minimum absolute atomic E-state index is 0.400. The Kier molecular flexibility index (Phi) is 3.00. The lowest BCUT2D eigenvalue weighted by Crippen LogP contribution is -2.09. The van der Waals surface area contributed by atoms with Gasteiger partial charge >= 0.3 is 0 Å². The molecule has 0 saturated carbocycles. The summed E-state index contributed by atoms with van der Waals surface area (Å²) in [6.07, 6.45) is 0. The van der Waals surface area contributed by atoms with Gasteiger partial charge in [0.25, 0.3) is 0 Å². The molecule has 86 valence electrons. The van der Waals surface area contributed by atoms with Crippen molar-refractivity contribution in [2.75, 3.05) is 11.1 Å². The molecule has 3 rings (SSSR count). The van der Waals surface area contributed by atoms with Gasteiger partial charge in [0.05, 0.1) is 6.04 Å². The quantitative estimate of drug-likeness (QED) is 0.848. The van der Waals surface area contributed by atoms with Crippen molar-refractivity contribution in [3.63, 3.8) is 0 Å². The molecule has 1 aliphatic heterocycles. The zero-order valence-corrected chi connectivity index (χ0v) is 10.8. The zero-order valence-electron chi connectivity index (χ0n) is 9.19. The summed E-state index contributed by atoms with van der Waals surface area (Å²) in [4.78, 5) is 1.39. The lowest BCUT2D eigenvalue weighted by Gasteiger charge is -2.14. The number of fused-ring (bicyclic) bond motifs is 1. The van der Waals surface area contributed by atoms with E-state index in [1.165, 1.54) is 10.5 Å². The number of hydrogen-bond acceptors (Lipinski definition) is 2. The van der Waals surface area contributed by atoms with Crippen LogP contribution in [0.3, 0.4) is 0 Å². The topological polar surface area (TPSA) is 12.0 Å². The van der Waals surface area contributed by atoms with Gasteiger partial charge in [-0.3, -0.25) is 0 Å². The minimum Gasteiger partial charge on any atom is -0.377 e. The van der Waals surface area contributed by atoms with E-state index < -0.39 is 0 Å². The Hall–Kier alpha value is -1.12. The highest BCUT2D eigenvalue weighted by molar-refractivity contribution is 7.99. The molecule has 1 nitrogen and oxygen atoms in total. The van der Waals surface area contributed by atoms with Gasteiger partial charge in [0.15, 0.2) is 0 Å². The lowest BCUT2D eigenvalue weighted by molar-refractivity contribution is 0.900. The molecule has 0 fully saturated rings. The minimum atomic E-state index is 0.400. The van der Waals surface area contributed by atoms with Crippen molar-refractivity contribution in [2.45, 2.75) is 10.9 Å². The van der Waals surface area contributed by atoms with E-state index in [1.807, 2.05) is 36.0 Å². The average Bonchev–Trinajstić information content (AvgIpc) is 2.76. The van der Waals surface area contributed by atoms with Crippen molar-refractivity contribution in [3.05, 3.63) is 59.1 Å². The van der Waals surface area contributed by atoms with Crippen LogP contribution in [0, 0.1) is 0 Å². The van der Waals surface area contributed by atoms with Crippen molar-refractivity contribution in [3.8, 4) is 0 Å². The van der Waals surface area contributed by atoms with Crippen molar-refractivity contribution < 1.29 is 0 Å². The summed E-state index contributed by atoms with van der Waals surface area (Å²) in [7, 11) is 0. The normalized spacial score (nSPS) is 17.8. The van der Waals surface area contributed by atoms with Crippen molar-refractivity contribution in [1.29, 1.82) is 0 Å². The second-order valence-corrected chi connectivity index (χ2v) is 5.55. The molecule has 0 spiro atoms. The summed E-state index contributed by atoms with van der Waals surface area (Å²) in [5.74, 6) is 1.09. The third kappa shape index (κ3) is 2.28. The van der Waals surface area contributed by atoms with E-state index in [9.17, 15) is 0 Å². The highest BCUT2D eigenvalue weighted by Gasteiger charge is 2.22. The fraction of sp³-hybridized carbons (Fsp3) is 0.143. The number of rotatable bonds is 2. The maximum Gasteiger partial charge on any atom is 0.0618 e. The Bertz CT molecular complexity index is 524. The Morgan fingerprint density at radius 3 is 2.65 bits per heavy atom. The van der Waals surface area contributed by atoms with E-state index >= 15 is 0 Å². The fourth-order valence-electron chi connectivity index (χ4n) is 2.03. The third-order valence-electron chi connectivity index (χ3n) is 2.89. The molecule has 2 aromatic rings. The van der Waals surface area contributed by atoms with Crippen LogP contribution in [0.1, 0.15) is 11.6 Å². The third-order valence-corrected chi connectivity index (χ3v) is 4.32. The van der Waals surface area contributed by atoms with Crippen LogP contribution < -0.4 is 5.32 Å². The largest absolute Gasteiger partial charge is 0.377 e. The number of nitrogens with one attached hydrogen (secondary N) is 1. The van der Waals surface area contributed by atoms with Crippen LogP contribution in [0.5, 0.6) is 0 Å². The van der Waals surface area contributed by atoms with Crippen molar-refractivity contribution in [2.24, 2.45) is 0 Å². The molecule has 0 amide bonds. The van der Waals surface area contributed by atoms with Crippen LogP contribution in [0.2, 0.25) is 5.02 Å². The number of anilines is 1. The highest BCUT2D eigenvalue weighted by atomic mass is 35.5. The van der Waals surface area contributed by atoms with Crippen LogP contribution in [0.4, 0.5) is 5.69 Å². The number of halogens is 1. The maximum atomic E-state index is 5.88. The second-order valence-electron chi connectivity index (χ2n) is 4.05. The summed E-state index contributed by atoms with van der Waals surface area (Å²) >= 11 is 7.79. The molecule has 1 heterocycles. The van der Waals surface area contributed by atoms with Gasteiger partial charge in [0.1, 0.15) is 0 Å². The molecule has 0 bridgehead atoms. The molecule has 1 N–H and O–H groups in total.